The maximum atomic E-state index is 5.75. The second-order valence-electron chi connectivity index (χ2n) is 7.74. The second-order valence-corrected chi connectivity index (χ2v) is 9.49. The van der Waals surface area contributed by atoms with E-state index >= 15 is 0 Å². The van der Waals surface area contributed by atoms with Crippen LogP contribution in [0.1, 0.15) is 35.1 Å². The zero-order valence-electron chi connectivity index (χ0n) is 17.6. The predicted octanol–water partition coefficient (Wildman–Crippen LogP) is 5.87. The summed E-state index contributed by atoms with van der Waals surface area (Å²) in [5.41, 5.74) is 7.14. The van der Waals surface area contributed by atoms with Crippen molar-refractivity contribution in [2.24, 2.45) is 10.1 Å². The first-order valence-corrected chi connectivity index (χ1v) is 11.9. The van der Waals surface area contributed by atoms with Gasteiger partial charge in [0.1, 0.15) is 0 Å². The Bertz CT molecular complexity index is 1120. The molecule has 4 nitrogen and oxygen atoms in total. The van der Waals surface area contributed by atoms with E-state index in [1.165, 1.54) is 22.3 Å². The van der Waals surface area contributed by atoms with E-state index in [4.69, 9.17) is 14.8 Å². The fourth-order valence-electron chi connectivity index (χ4n) is 3.58. The average Bonchev–Trinajstić information content (AvgIpc) is 3.38. The monoisotopic (exact) mass is 483 g/mol. The number of benzene rings is 2. The van der Waals surface area contributed by atoms with Gasteiger partial charge < -0.3 is 4.74 Å². The number of aromatic nitrogens is 1. The minimum Gasteiger partial charge on any atom is -0.376 e. The molecule has 30 heavy (non-hydrogen) atoms. The van der Waals surface area contributed by atoms with Crippen LogP contribution >= 0.6 is 27.3 Å². The van der Waals surface area contributed by atoms with Crippen LogP contribution < -0.4 is 4.80 Å². The van der Waals surface area contributed by atoms with E-state index in [1.807, 2.05) is 35.2 Å². The molecule has 4 rings (SSSR count). The summed E-state index contributed by atoms with van der Waals surface area (Å²) in [6, 6.07) is 12.6. The number of hydrogen-bond donors (Lipinski definition) is 0. The fourth-order valence-corrected chi connectivity index (χ4v) is 4.69. The normalized spacial score (nSPS) is 17.3. The van der Waals surface area contributed by atoms with Crippen molar-refractivity contribution in [1.29, 1.82) is 0 Å². The van der Waals surface area contributed by atoms with Crippen LogP contribution in [-0.2, 0) is 4.74 Å². The first-order chi connectivity index (χ1) is 14.5. The molecule has 1 fully saturated rings. The molecular formula is C24H26BrN3OS. The van der Waals surface area contributed by atoms with E-state index in [1.54, 1.807) is 11.3 Å². The Kier molecular flexibility index (Phi) is 6.66. The minimum atomic E-state index is 0.225. The standard InChI is InChI=1S/C24H26BrN3OS/c1-16-11-18(3)22(12-17(16)2)23-15-30-24(26-14-21-5-4-10-29-21)28(23)27-13-19-6-8-20(25)9-7-19/h6-9,11-13,15,21H,4-5,10,14H2,1-3H3. The van der Waals surface area contributed by atoms with E-state index in [2.05, 4.69) is 54.2 Å². The molecule has 0 bridgehead atoms. The van der Waals surface area contributed by atoms with Gasteiger partial charge in [-0.2, -0.15) is 5.10 Å². The molecule has 2 aromatic carbocycles. The van der Waals surface area contributed by atoms with Crippen LogP contribution in [-0.4, -0.2) is 30.1 Å². The molecule has 156 valence electrons. The van der Waals surface area contributed by atoms with Gasteiger partial charge in [-0.05, 0) is 74.1 Å². The topological polar surface area (TPSA) is 38.9 Å². The first kappa shape index (κ1) is 21.2. The number of ether oxygens (including phenoxy) is 1. The lowest BCUT2D eigenvalue weighted by Gasteiger charge is -2.11. The van der Waals surface area contributed by atoms with Gasteiger partial charge in [-0.3, -0.25) is 4.99 Å². The van der Waals surface area contributed by atoms with Crippen LogP contribution in [0.25, 0.3) is 11.3 Å². The van der Waals surface area contributed by atoms with E-state index in [0.29, 0.717) is 6.54 Å². The van der Waals surface area contributed by atoms with Gasteiger partial charge in [-0.1, -0.05) is 34.1 Å². The predicted molar refractivity (Wildman–Crippen MR) is 128 cm³/mol. The number of rotatable bonds is 5. The van der Waals surface area contributed by atoms with Gasteiger partial charge in [0, 0.05) is 22.0 Å². The molecule has 1 unspecified atom stereocenters. The molecular weight excluding hydrogens is 458 g/mol. The summed E-state index contributed by atoms with van der Waals surface area (Å²) in [6.45, 7) is 8.00. The average molecular weight is 484 g/mol. The number of aryl methyl sites for hydroxylation is 3. The number of halogens is 1. The largest absolute Gasteiger partial charge is 0.376 e. The SMILES string of the molecule is Cc1cc(C)c(-c2csc(=NCC3CCCO3)n2N=Cc2ccc(Br)cc2)cc1C. The molecule has 3 aromatic rings. The highest BCUT2D eigenvalue weighted by atomic mass is 79.9. The maximum absolute atomic E-state index is 5.75. The van der Waals surface area contributed by atoms with Crippen LogP contribution in [0.4, 0.5) is 0 Å². The van der Waals surface area contributed by atoms with Crippen LogP contribution in [0, 0.1) is 20.8 Å². The summed E-state index contributed by atoms with van der Waals surface area (Å²) in [4.78, 5) is 5.76. The smallest absolute Gasteiger partial charge is 0.206 e. The Morgan fingerprint density at radius 2 is 1.90 bits per heavy atom. The lowest BCUT2D eigenvalue weighted by atomic mass is 9.99. The minimum absolute atomic E-state index is 0.225. The third kappa shape index (κ3) is 4.82. The highest BCUT2D eigenvalue weighted by Gasteiger charge is 2.16. The molecule has 1 aliphatic heterocycles. The number of nitrogens with zero attached hydrogens (tertiary/aromatic N) is 3. The molecule has 0 N–H and O–H groups in total. The quantitative estimate of drug-likeness (QED) is 0.418. The maximum Gasteiger partial charge on any atom is 0.206 e. The zero-order chi connectivity index (χ0) is 21.1. The third-order valence-corrected chi connectivity index (χ3v) is 6.83. The summed E-state index contributed by atoms with van der Waals surface area (Å²) in [5.74, 6) is 0. The molecule has 1 saturated heterocycles. The second kappa shape index (κ2) is 9.41. The van der Waals surface area contributed by atoms with E-state index < -0.39 is 0 Å². The molecule has 6 heteroatoms. The molecule has 0 aliphatic carbocycles. The van der Waals surface area contributed by atoms with E-state index in [-0.39, 0.29) is 6.10 Å². The molecule has 1 atom stereocenters. The van der Waals surface area contributed by atoms with Gasteiger partial charge >= 0.3 is 0 Å². The van der Waals surface area contributed by atoms with Crippen LogP contribution in [0.5, 0.6) is 0 Å². The molecule has 1 aliphatic rings. The molecule has 1 aromatic heterocycles. The summed E-state index contributed by atoms with van der Waals surface area (Å²) < 4.78 is 8.78. The van der Waals surface area contributed by atoms with Gasteiger partial charge in [0.2, 0.25) is 4.80 Å². The lowest BCUT2D eigenvalue weighted by Crippen LogP contribution is -2.17. The summed E-state index contributed by atoms with van der Waals surface area (Å²) in [6.07, 6.45) is 4.33. The van der Waals surface area contributed by atoms with Crippen LogP contribution in [0.3, 0.4) is 0 Å². The van der Waals surface area contributed by atoms with Crippen molar-refractivity contribution in [3.8, 4) is 11.3 Å². The third-order valence-electron chi connectivity index (χ3n) is 5.45. The van der Waals surface area contributed by atoms with Crippen LogP contribution in [0.2, 0.25) is 0 Å². The van der Waals surface area contributed by atoms with Gasteiger partial charge in [-0.15, -0.1) is 11.3 Å². The number of hydrogen-bond acceptors (Lipinski definition) is 4. The highest BCUT2D eigenvalue weighted by molar-refractivity contribution is 9.10. The lowest BCUT2D eigenvalue weighted by molar-refractivity contribution is 0.117. The molecule has 0 radical (unpaired) electrons. The Morgan fingerprint density at radius 1 is 1.13 bits per heavy atom. The van der Waals surface area contributed by atoms with Crippen molar-refractivity contribution >= 4 is 33.5 Å². The summed E-state index contributed by atoms with van der Waals surface area (Å²) in [5, 5.41) is 6.99. The Balaban J connectivity index is 1.77. The summed E-state index contributed by atoms with van der Waals surface area (Å²) >= 11 is 5.12. The van der Waals surface area contributed by atoms with Gasteiger partial charge in [0.25, 0.3) is 0 Å². The van der Waals surface area contributed by atoms with E-state index in [0.717, 1.165) is 40.0 Å². The Hall–Kier alpha value is -2.02. The molecule has 0 spiro atoms. The van der Waals surface area contributed by atoms with Gasteiger partial charge in [0.05, 0.1) is 24.6 Å². The van der Waals surface area contributed by atoms with Crippen molar-refractivity contribution in [2.45, 2.75) is 39.7 Å². The summed E-state index contributed by atoms with van der Waals surface area (Å²) in [7, 11) is 0. The van der Waals surface area contributed by atoms with Gasteiger partial charge in [-0.25, -0.2) is 4.68 Å². The van der Waals surface area contributed by atoms with Crippen molar-refractivity contribution in [1.82, 2.24) is 4.68 Å². The molecule has 2 heterocycles. The van der Waals surface area contributed by atoms with Gasteiger partial charge in [0.15, 0.2) is 0 Å². The first-order valence-electron chi connectivity index (χ1n) is 10.2. The van der Waals surface area contributed by atoms with Crippen molar-refractivity contribution in [2.75, 3.05) is 13.2 Å². The van der Waals surface area contributed by atoms with Crippen LogP contribution in [0.15, 0.2) is 56.3 Å². The van der Waals surface area contributed by atoms with Crippen molar-refractivity contribution < 1.29 is 4.74 Å². The fraction of sp³-hybridized carbons (Fsp3) is 0.333. The zero-order valence-corrected chi connectivity index (χ0v) is 20.0. The highest BCUT2D eigenvalue weighted by Crippen LogP contribution is 2.27. The Morgan fingerprint density at radius 3 is 2.63 bits per heavy atom. The van der Waals surface area contributed by atoms with E-state index in [9.17, 15) is 0 Å². The Labute approximate surface area is 190 Å². The number of thiazole rings is 1. The van der Waals surface area contributed by atoms with Crippen molar-refractivity contribution in [3.63, 3.8) is 0 Å². The molecule has 0 amide bonds. The van der Waals surface area contributed by atoms with Crippen molar-refractivity contribution in [3.05, 3.63) is 73.3 Å². The molecule has 0 saturated carbocycles.